The summed E-state index contributed by atoms with van der Waals surface area (Å²) in [4.78, 5) is 168. The average molecular weight is 1240 g/mol. The molecule has 0 aromatic heterocycles. The summed E-state index contributed by atoms with van der Waals surface area (Å²) in [5.41, 5.74) is 28.9. The fraction of sp³-hybridized carbons (Fsp3) is 0.700. The summed E-state index contributed by atoms with van der Waals surface area (Å²) in [6, 6.07) is -1.13. The smallest absolute Gasteiger partial charge is 0.312 e. The van der Waals surface area contributed by atoms with E-state index in [4.69, 9.17) is 33.4 Å². The molecule has 2 unspecified atom stereocenters. The molecule has 1 saturated heterocycles. The Morgan fingerprint density at radius 2 is 1.20 bits per heavy atom. The van der Waals surface area contributed by atoms with Gasteiger partial charge in [-0.1, -0.05) is 57.5 Å². The van der Waals surface area contributed by atoms with Crippen LogP contribution in [0.15, 0.2) is 30.3 Å². The van der Waals surface area contributed by atoms with Crippen molar-refractivity contribution in [3.8, 4) is 0 Å². The number of benzene rings is 1. The number of Topliss-reactive ketones (excluding diaryl/α,β-unsaturated/α-hetero) is 3. The molecule has 0 spiro atoms. The number of hydrogen-bond donors (Lipinski definition) is 15. The molecule has 8 amide bonds. The quantitative estimate of drug-likeness (QED) is 0.0263. The number of esters is 1. The van der Waals surface area contributed by atoms with Gasteiger partial charge in [-0.3, -0.25) is 57.5 Å². The first-order chi connectivity index (χ1) is 41.6. The van der Waals surface area contributed by atoms with E-state index in [1.165, 1.54) is 27.7 Å². The van der Waals surface area contributed by atoms with E-state index in [9.17, 15) is 67.7 Å². The molecule has 0 aliphatic carbocycles. The van der Waals surface area contributed by atoms with Gasteiger partial charge in [0.2, 0.25) is 47.3 Å². The second-order valence-corrected chi connectivity index (χ2v) is 23.7. The largest absolute Gasteiger partial charge is 0.465 e. The summed E-state index contributed by atoms with van der Waals surface area (Å²) in [7, 11) is 0. The molecule has 28 heteroatoms. The van der Waals surface area contributed by atoms with Gasteiger partial charge in [-0.05, 0) is 123 Å². The Labute approximate surface area is 516 Å². The summed E-state index contributed by atoms with van der Waals surface area (Å²) < 4.78 is 5.30. The van der Waals surface area contributed by atoms with E-state index in [0.29, 0.717) is 12.0 Å². The molecule has 12 atom stereocenters. The number of amides is 8. The summed E-state index contributed by atoms with van der Waals surface area (Å²) >= 11 is 0. The molecule has 20 N–H and O–H groups in total. The van der Waals surface area contributed by atoms with Gasteiger partial charge in [-0.25, -0.2) is 0 Å². The Hall–Kier alpha value is -6.82. The number of nitrogens with one attached hydrogen (secondary N) is 8. The molecule has 1 fully saturated rings. The molecule has 0 bridgehead atoms. The zero-order chi connectivity index (χ0) is 66.3. The Morgan fingerprint density at radius 3 is 1.77 bits per heavy atom. The maximum atomic E-state index is 14.6. The van der Waals surface area contributed by atoms with E-state index in [1.807, 2.05) is 6.92 Å². The molecule has 2 rings (SSSR count). The molecule has 496 valence electrons. The minimum Gasteiger partial charge on any atom is -0.465 e. The van der Waals surface area contributed by atoms with Gasteiger partial charge >= 0.3 is 5.97 Å². The molecular weight excluding hydrogens is 1140 g/mol. The van der Waals surface area contributed by atoms with Crippen LogP contribution in [0.3, 0.4) is 0 Å². The van der Waals surface area contributed by atoms with E-state index < -0.39 is 174 Å². The molecular formula is C60H101N13O15. The van der Waals surface area contributed by atoms with Crippen LogP contribution in [0.2, 0.25) is 0 Å². The molecule has 1 heterocycles. The van der Waals surface area contributed by atoms with Crippen LogP contribution in [0.4, 0.5) is 0 Å². The van der Waals surface area contributed by atoms with Crippen molar-refractivity contribution in [3.05, 3.63) is 35.9 Å². The number of carbonyl (C=O) groups excluding carboxylic acids is 12. The van der Waals surface area contributed by atoms with Crippen molar-refractivity contribution in [2.24, 2.45) is 57.8 Å². The van der Waals surface area contributed by atoms with Crippen LogP contribution >= 0.6 is 0 Å². The van der Waals surface area contributed by atoms with E-state index in [0.717, 1.165) is 6.42 Å². The third-order valence-corrected chi connectivity index (χ3v) is 15.1. The van der Waals surface area contributed by atoms with Crippen molar-refractivity contribution in [2.75, 3.05) is 45.9 Å². The molecule has 1 aliphatic rings. The van der Waals surface area contributed by atoms with Crippen molar-refractivity contribution in [2.45, 2.75) is 193 Å². The normalized spacial score (nSPS) is 22.4. The zero-order valence-electron chi connectivity index (χ0n) is 52.3. The molecule has 88 heavy (non-hydrogen) atoms. The van der Waals surface area contributed by atoms with Crippen molar-refractivity contribution in [3.63, 3.8) is 0 Å². The third kappa shape index (κ3) is 26.9. The number of aliphatic hydroxyl groups is 2. The summed E-state index contributed by atoms with van der Waals surface area (Å²) in [6.07, 6.45) is -4.85. The highest BCUT2D eigenvalue weighted by atomic mass is 16.5. The van der Waals surface area contributed by atoms with Crippen LogP contribution in [0.1, 0.15) is 138 Å². The monoisotopic (exact) mass is 1240 g/mol. The minimum absolute atomic E-state index is 0.0636. The van der Waals surface area contributed by atoms with Gasteiger partial charge in [0.15, 0.2) is 17.3 Å². The maximum Gasteiger partial charge on any atom is 0.312 e. The van der Waals surface area contributed by atoms with Gasteiger partial charge in [0.1, 0.15) is 24.2 Å². The summed E-state index contributed by atoms with van der Waals surface area (Å²) in [6.45, 7) is 10.2. The second kappa shape index (κ2) is 39.9. The lowest BCUT2D eigenvalue weighted by Gasteiger charge is -2.28. The predicted molar refractivity (Wildman–Crippen MR) is 326 cm³/mol. The Balaban J connectivity index is 2.68. The summed E-state index contributed by atoms with van der Waals surface area (Å²) in [5.74, 6) is -13.8. The van der Waals surface area contributed by atoms with Gasteiger partial charge in [0, 0.05) is 50.5 Å². The van der Waals surface area contributed by atoms with Crippen LogP contribution in [0, 0.1) is 29.1 Å². The van der Waals surface area contributed by atoms with Gasteiger partial charge in [0.25, 0.3) is 0 Å². The van der Waals surface area contributed by atoms with Crippen molar-refractivity contribution >= 4 is 70.6 Å². The highest BCUT2D eigenvalue weighted by Gasteiger charge is 2.39. The number of ketones is 3. The molecule has 1 aromatic carbocycles. The number of rotatable bonds is 31. The molecule has 1 aromatic rings. The number of unbranched alkanes of at least 4 members (excludes halogenated alkanes) is 1. The van der Waals surface area contributed by atoms with E-state index in [-0.39, 0.29) is 103 Å². The molecule has 0 radical (unpaired) electrons. The fourth-order valence-corrected chi connectivity index (χ4v) is 9.87. The van der Waals surface area contributed by atoms with Crippen molar-refractivity contribution in [1.29, 1.82) is 0 Å². The van der Waals surface area contributed by atoms with Gasteiger partial charge < -0.3 is 86.2 Å². The Morgan fingerprint density at radius 1 is 0.659 bits per heavy atom. The van der Waals surface area contributed by atoms with Crippen LogP contribution in [0.25, 0.3) is 0 Å². The topological polar surface area (TPSA) is 481 Å². The molecule has 0 saturated carbocycles. The predicted octanol–water partition coefficient (Wildman–Crippen LogP) is -2.82. The first-order valence-corrected chi connectivity index (χ1v) is 30.6. The number of carbonyl (C=O) groups is 12. The van der Waals surface area contributed by atoms with Crippen LogP contribution in [-0.4, -0.2) is 181 Å². The number of hydrogen-bond acceptors (Lipinski definition) is 20. The van der Waals surface area contributed by atoms with Crippen molar-refractivity contribution in [1.82, 2.24) is 42.5 Å². The minimum atomic E-state index is -1.64. The van der Waals surface area contributed by atoms with Crippen LogP contribution in [-0.2, 0) is 68.7 Å². The van der Waals surface area contributed by atoms with E-state index in [1.54, 1.807) is 44.2 Å². The van der Waals surface area contributed by atoms with Crippen molar-refractivity contribution < 1.29 is 72.5 Å². The number of aliphatic hydroxyl groups excluding tert-OH is 2. The Kier molecular flexibility index (Phi) is 35.1. The first-order valence-electron chi connectivity index (χ1n) is 30.6. The van der Waals surface area contributed by atoms with E-state index in [2.05, 4.69) is 42.5 Å². The van der Waals surface area contributed by atoms with Gasteiger partial charge in [-0.15, -0.1) is 0 Å². The molecule has 1 aliphatic heterocycles. The highest BCUT2D eigenvalue weighted by molar-refractivity contribution is 5.99. The van der Waals surface area contributed by atoms with Crippen LogP contribution in [0.5, 0.6) is 0 Å². The van der Waals surface area contributed by atoms with Gasteiger partial charge in [-0.2, -0.15) is 0 Å². The lowest BCUT2D eigenvalue weighted by atomic mass is 9.88. The van der Waals surface area contributed by atoms with E-state index >= 15 is 0 Å². The summed E-state index contributed by atoms with van der Waals surface area (Å²) in [5, 5.41) is 42.7. The van der Waals surface area contributed by atoms with Crippen LogP contribution < -0.4 is 71.2 Å². The Bertz CT molecular complexity index is 2460. The number of ether oxygens (including phenoxy) is 1. The first kappa shape index (κ1) is 77.3. The highest BCUT2D eigenvalue weighted by Crippen LogP contribution is 2.24. The fourth-order valence-electron chi connectivity index (χ4n) is 9.87. The lowest BCUT2D eigenvalue weighted by molar-refractivity contribution is -0.156. The lowest BCUT2D eigenvalue weighted by Crippen LogP contribution is -2.59. The standard InChI is InChI=1S/C60H101N13O15/c1-8-9-27-88-59(87)60(6,7)33-50(79)67-41(16-22-62)49(78)32-40(35(4)74)54(82)68-42(17-23-63)48(77)31-39-20-26-66-58(86)51(36(5)75)73-53(81)38(15-21-61)30-47(76)43(18-24-64)69-56(84)45(28-34(2)3)71-57(85)46(29-37-13-11-10-12-14-37)72-55(83)44(19-25-65)70-52(39)80/h10-14,34-36,38-46,51,74-75H,8-9,15-33,61-65H2,1-7H3,(H,66,86)(H,67,79)(H,68,82)(H,69,84)(H,70,80)(H,71,85)(H,72,83)(H,73,81)/t35?,36?,38-,39-,40+,41+,42+,43+,44+,45+,46-,51+/m1/s1. The zero-order valence-corrected chi connectivity index (χ0v) is 52.3. The average Bonchev–Trinajstić information content (AvgIpc) is 3.65. The maximum absolute atomic E-state index is 14.6. The number of nitrogens with two attached hydrogens (primary N) is 5. The molecule has 28 nitrogen and oxygen atoms in total. The van der Waals surface area contributed by atoms with Gasteiger partial charge in [0.05, 0.1) is 48.3 Å². The third-order valence-electron chi connectivity index (χ3n) is 15.1. The SMILES string of the molecule is CCCCOC(=O)C(C)(C)CC(=O)N[C@@H](CCN)C(=O)C[C@H](C(=O)N[C@@H](CCN)C(=O)C[C@H]1CCNC(=O)[C@H](C(C)O)NC(=O)[C@H](CCN)CC(=O)[C@H](CCN)NC(=O)[C@H](CC(C)C)NC(=O)[C@@H](Cc2ccccc2)NC(=O)[C@H](CCN)NC1=O)C(C)O. The second-order valence-electron chi connectivity index (χ2n) is 23.7.